The minimum atomic E-state index is -0.585. The van der Waals surface area contributed by atoms with Crippen LogP contribution in [0.2, 0.25) is 0 Å². The third-order valence-electron chi connectivity index (χ3n) is 4.51. The Morgan fingerprint density at radius 1 is 1.26 bits per heavy atom. The summed E-state index contributed by atoms with van der Waals surface area (Å²) in [6.45, 7) is 2.34. The minimum Gasteiger partial charge on any atom is -0.392 e. The number of hydrogen-bond donors (Lipinski definition) is 2. The quantitative estimate of drug-likeness (QED) is 0.772. The molecule has 19 heavy (non-hydrogen) atoms. The smallest absolute Gasteiger partial charge is 0.233 e. The van der Waals surface area contributed by atoms with E-state index in [-0.39, 0.29) is 5.91 Å². The molecule has 1 amide bonds. The molecule has 4 nitrogen and oxygen atoms in total. The number of nitrogens with one attached hydrogen (secondary N) is 1. The zero-order chi connectivity index (χ0) is 13.7. The highest BCUT2D eigenvalue weighted by Gasteiger charge is 2.42. The van der Waals surface area contributed by atoms with Crippen LogP contribution in [0.3, 0.4) is 0 Å². The Labute approximate surface area is 120 Å². The molecule has 0 spiro atoms. The Morgan fingerprint density at radius 3 is 2.47 bits per heavy atom. The van der Waals surface area contributed by atoms with E-state index in [4.69, 9.17) is 22.7 Å². The zero-order valence-electron chi connectivity index (χ0n) is 11.5. The van der Waals surface area contributed by atoms with Crippen LogP contribution in [0.4, 0.5) is 0 Å². The van der Waals surface area contributed by atoms with E-state index >= 15 is 0 Å². The Hall–Kier alpha value is -0.680. The Bertz CT molecular complexity index is 334. The van der Waals surface area contributed by atoms with Crippen molar-refractivity contribution in [2.45, 2.75) is 44.9 Å². The third kappa shape index (κ3) is 3.45. The van der Waals surface area contributed by atoms with E-state index in [1.54, 1.807) is 0 Å². The molecule has 0 aromatic heterocycles. The van der Waals surface area contributed by atoms with E-state index in [9.17, 15) is 4.79 Å². The summed E-state index contributed by atoms with van der Waals surface area (Å²) in [7, 11) is 0. The normalized spacial score (nSPS) is 23.8. The molecular weight excluding hydrogens is 260 g/mol. The molecule has 5 heteroatoms. The number of carbonyl (C=O) groups is 1. The molecule has 0 radical (unpaired) electrons. The lowest BCUT2D eigenvalue weighted by atomic mass is 9.73. The summed E-state index contributed by atoms with van der Waals surface area (Å²) in [5, 5.41) is 3.08. The second-order valence-electron chi connectivity index (χ2n) is 5.77. The first-order valence-corrected chi connectivity index (χ1v) is 7.72. The molecule has 0 aromatic carbocycles. The lowest BCUT2D eigenvalue weighted by Crippen LogP contribution is -2.51. The molecule has 2 aliphatic rings. The summed E-state index contributed by atoms with van der Waals surface area (Å²) in [5.74, 6) is 0.580. The average molecular weight is 284 g/mol. The fourth-order valence-electron chi connectivity index (χ4n) is 3.10. The fraction of sp³-hybridized carbons (Fsp3) is 0.857. The van der Waals surface area contributed by atoms with Gasteiger partial charge in [-0.1, -0.05) is 31.5 Å². The predicted octanol–water partition coefficient (Wildman–Crippen LogP) is 1.77. The van der Waals surface area contributed by atoms with Crippen molar-refractivity contribution in [3.05, 3.63) is 0 Å². The van der Waals surface area contributed by atoms with Crippen molar-refractivity contribution in [1.29, 1.82) is 0 Å². The molecule has 1 aliphatic heterocycles. The number of thiocarbonyl (C=S) groups is 1. The van der Waals surface area contributed by atoms with Crippen molar-refractivity contribution < 1.29 is 9.53 Å². The van der Waals surface area contributed by atoms with Gasteiger partial charge in [-0.25, -0.2) is 0 Å². The van der Waals surface area contributed by atoms with Crippen LogP contribution in [-0.2, 0) is 9.53 Å². The van der Waals surface area contributed by atoms with Gasteiger partial charge in [0.05, 0.1) is 10.4 Å². The monoisotopic (exact) mass is 284 g/mol. The van der Waals surface area contributed by atoms with Crippen molar-refractivity contribution >= 4 is 23.1 Å². The Kier molecular flexibility index (Phi) is 5.16. The van der Waals surface area contributed by atoms with Gasteiger partial charge in [0, 0.05) is 19.8 Å². The molecule has 2 fully saturated rings. The topological polar surface area (TPSA) is 64.4 Å². The van der Waals surface area contributed by atoms with Gasteiger partial charge in [0.2, 0.25) is 5.91 Å². The molecule has 0 atom stereocenters. The predicted molar refractivity (Wildman–Crippen MR) is 78.9 cm³/mol. The number of amides is 1. The molecule has 2 rings (SSSR count). The second kappa shape index (κ2) is 6.66. The van der Waals surface area contributed by atoms with Crippen LogP contribution in [0, 0.1) is 11.3 Å². The van der Waals surface area contributed by atoms with Crippen molar-refractivity contribution in [2.24, 2.45) is 17.1 Å². The van der Waals surface area contributed by atoms with Gasteiger partial charge in [-0.05, 0) is 31.6 Å². The van der Waals surface area contributed by atoms with Crippen molar-refractivity contribution in [3.8, 4) is 0 Å². The molecule has 1 saturated carbocycles. The highest BCUT2D eigenvalue weighted by atomic mass is 32.1. The molecular formula is C14H24N2O2S. The summed E-state index contributed by atoms with van der Waals surface area (Å²) in [6.07, 6.45) is 6.94. The highest BCUT2D eigenvalue weighted by Crippen LogP contribution is 2.37. The van der Waals surface area contributed by atoms with Gasteiger partial charge in [0.25, 0.3) is 0 Å². The van der Waals surface area contributed by atoms with E-state index in [1.165, 1.54) is 6.42 Å². The fourth-order valence-corrected chi connectivity index (χ4v) is 3.39. The maximum Gasteiger partial charge on any atom is 0.233 e. The van der Waals surface area contributed by atoms with Crippen LogP contribution in [0.5, 0.6) is 0 Å². The summed E-state index contributed by atoms with van der Waals surface area (Å²) >= 11 is 5.17. The lowest BCUT2D eigenvalue weighted by molar-refractivity contribution is -0.129. The van der Waals surface area contributed by atoms with Crippen LogP contribution >= 0.6 is 12.2 Å². The standard InChI is InChI=1S/C14H24N2O2S/c15-12(19)14(6-2-1-3-7-14)13(17)16-10-11-4-8-18-9-5-11/h11H,1-10H2,(H2,15,19)(H,16,17). The van der Waals surface area contributed by atoms with Crippen LogP contribution in [0.15, 0.2) is 0 Å². The number of rotatable bonds is 4. The molecule has 0 unspecified atom stereocenters. The van der Waals surface area contributed by atoms with E-state index in [1.807, 2.05) is 0 Å². The first-order chi connectivity index (χ1) is 9.15. The van der Waals surface area contributed by atoms with Crippen molar-refractivity contribution in [3.63, 3.8) is 0 Å². The molecule has 3 N–H and O–H groups in total. The summed E-state index contributed by atoms with van der Waals surface area (Å²) < 4.78 is 5.33. The van der Waals surface area contributed by atoms with E-state index in [2.05, 4.69) is 5.32 Å². The second-order valence-corrected chi connectivity index (χ2v) is 6.21. The SMILES string of the molecule is NC(=S)C1(C(=O)NCC2CCOCC2)CCCCC1. The number of carbonyl (C=O) groups excluding carboxylic acids is 1. The Morgan fingerprint density at radius 2 is 1.89 bits per heavy atom. The van der Waals surface area contributed by atoms with Crippen LogP contribution in [-0.4, -0.2) is 30.7 Å². The molecule has 0 aromatic rings. The maximum absolute atomic E-state index is 12.5. The molecule has 0 bridgehead atoms. The lowest BCUT2D eigenvalue weighted by Gasteiger charge is -2.35. The molecule has 1 aliphatic carbocycles. The van der Waals surface area contributed by atoms with Crippen LogP contribution < -0.4 is 11.1 Å². The summed E-state index contributed by atoms with van der Waals surface area (Å²) in [6, 6.07) is 0. The third-order valence-corrected chi connectivity index (χ3v) is 4.90. The van der Waals surface area contributed by atoms with Gasteiger partial charge < -0.3 is 15.8 Å². The van der Waals surface area contributed by atoms with Gasteiger partial charge in [0.1, 0.15) is 0 Å². The molecule has 1 heterocycles. The van der Waals surface area contributed by atoms with Gasteiger partial charge in [0.15, 0.2) is 0 Å². The summed E-state index contributed by atoms with van der Waals surface area (Å²) in [5.41, 5.74) is 5.28. The first kappa shape index (κ1) is 14.7. The minimum absolute atomic E-state index is 0.0474. The van der Waals surface area contributed by atoms with Crippen molar-refractivity contribution in [2.75, 3.05) is 19.8 Å². The number of hydrogen-bond acceptors (Lipinski definition) is 3. The van der Waals surface area contributed by atoms with Crippen molar-refractivity contribution in [1.82, 2.24) is 5.32 Å². The van der Waals surface area contributed by atoms with Crippen LogP contribution in [0.25, 0.3) is 0 Å². The van der Waals surface area contributed by atoms with Crippen LogP contribution in [0.1, 0.15) is 44.9 Å². The molecule has 1 saturated heterocycles. The van der Waals surface area contributed by atoms with Gasteiger partial charge in [-0.2, -0.15) is 0 Å². The highest BCUT2D eigenvalue weighted by molar-refractivity contribution is 7.80. The van der Waals surface area contributed by atoms with Gasteiger partial charge >= 0.3 is 0 Å². The van der Waals surface area contributed by atoms with E-state index < -0.39 is 5.41 Å². The first-order valence-electron chi connectivity index (χ1n) is 7.31. The van der Waals surface area contributed by atoms with Gasteiger partial charge in [-0.15, -0.1) is 0 Å². The molecule has 108 valence electrons. The maximum atomic E-state index is 12.5. The van der Waals surface area contributed by atoms with E-state index in [0.29, 0.717) is 10.9 Å². The largest absolute Gasteiger partial charge is 0.392 e. The van der Waals surface area contributed by atoms with E-state index in [0.717, 1.165) is 58.3 Å². The Balaban J connectivity index is 1.90. The average Bonchev–Trinajstić information content (AvgIpc) is 2.46. The summed E-state index contributed by atoms with van der Waals surface area (Å²) in [4.78, 5) is 12.9. The number of nitrogens with two attached hydrogens (primary N) is 1. The number of ether oxygens (including phenoxy) is 1. The van der Waals surface area contributed by atoms with Gasteiger partial charge in [-0.3, -0.25) is 4.79 Å². The zero-order valence-corrected chi connectivity index (χ0v) is 12.3.